The minimum atomic E-state index is -1.21. The Kier molecular flexibility index (Phi) is 5.08. The van der Waals surface area contributed by atoms with Gasteiger partial charge in [0.05, 0.1) is 5.56 Å². The van der Waals surface area contributed by atoms with Crippen LogP contribution in [-0.4, -0.2) is 27.3 Å². The molecule has 0 amide bonds. The second-order valence-corrected chi connectivity index (χ2v) is 5.86. The summed E-state index contributed by atoms with van der Waals surface area (Å²) >= 11 is 0. The number of carboxylic acid groups (broad SMARTS) is 2. The summed E-state index contributed by atoms with van der Waals surface area (Å²) < 4.78 is 5.61. The third kappa shape index (κ3) is 4.24. The van der Waals surface area contributed by atoms with E-state index in [0.29, 0.717) is 5.75 Å². The summed E-state index contributed by atoms with van der Waals surface area (Å²) in [4.78, 5) is 22.0. The maximum Gasteiger partial charge on any atom is 0.339 e. The Bertz CT molecular complexity index is 1010. The zero-order valence-corrected chi connectivity index (χ0v) is 14.1. The van der Waals surface area contributed by atoms with Crippen molar-refractivity contribution in [2.24, 2.45) is 0 Å². The molecule has 6 heteroatoms. The van der Waals surface area contributed by atoms with Gasteiger partial charge < -0.3 is 20.1 Å². The fourth-order valence-corrected chi connectivity index (χ4v) is 2.62. The first kappa shape index (κ1) is 18.0. The largest absolute Gasteiger partial charge is 0.507 e. The molecule has 0 saturated carbocycles. The van der Waals surface area contributed by atoms with E-state index in [1.54, 1.807) is 12.1 Å². The van der Waals surface area contributed by atoms with Gasteiger partial charge in [-0.25, -0.2) is 9.59 Å². The Hall–Kier alpha value is -3.80. The molecule has 6 nitrogen and oxygen atoms in total. The summed E-state index contributed by atoms with van der Waals surface area (Å²) in [5.74, 6) is -2.22. The van der Waals surface area contributed by atoms with Crippen molar-refractivity contribution in [1.82, 2.24) is 0 Å². The number of rotatable bonds is 6. The highest BCUT2D eigenvalue weighted by Crippen LogP contribution is 2.25. The van der Waals surface area contributed by atoms with Crippen molar-refractivity contribution in [2.45, 2.75) is 6.61 Å². The van der Waals surface area contributed by atoms with Gasteiger partial charge in [0, 0.05) is 6.07 Å². The third-order valence-corrected chi connectivity index (χ3v) is 3.97. The Morgan fingerprint density at radius 1 is 0.815 bits per heavy atom. The van der Waals surface area contributed by atoms with E-state index in [9.17, 15) is 14.7 Å². The van der Waals surface area contributed by atoms with E-state index in [4.69, 9.17) is 14.9 Å². The van der Waals surface area contributed by atoms with E-state index in [0.717, 1.165) is 16.7 Å². The summed E-state index contributed by atoms with van der Waals surface area (Å²) in [7, 11) is 0. The number of benzene rings is 3. The van der Waals surface area contributed by atoms with Crippen molar-refractivity contribution in [3.63, 3.8) is 0 Å². The number of ether oxygens (including phenoxy) is 1. The van der Waals surface area contributed by atoms with E-state index in [-0.39, 0.29) is 23.5 Å². The molecule has 3 N–H and O–H groups in total. The lowest BCUT2D eigenvalue weighted by Crippen LogP contribution is -1.99. The molecule has 0 aliphatic carbocycles. The lowest BCUT2D eigenvalue weighted by atomic mass is 10.0. The minimum absolute atomic E-state index is 0.192. The van der Waals surface area contributed by atoms with Gasteiger partial charge in [-0.1, -0.05) is 30.3 Å². The summed E-state index contributed by atoms with van der Waals surface area (Å²) in [5, 5.41) is 27.8. The zero-order chi connectivity index (χ0) is 19.4. The molecule has 0 unspecified atom stereocenters. The van der Waals surface area contributed by atoms with E-state index in [1.807, 2.05) is 30.3 Å². The van der Waals surface area contributed by atoms with Gasteiger partial charge in [-0.3, -0.25) is 0 Å². The molecule has 0 radical (unpaired) electrons. The first-order valence-electron chi connectivity index (χ1n) is 8.06. The normalized spacial score (nSPS) is 10.4. The second kappa shape index (κ2) is 7.61. The van der Waals surface area contributed by atoms with Gasteiger partial charge in [0.1, 0.15) is 23.7 Å². The molecule has 3 rings (SSSR count). The van der Waals surface area contributed by atoms with E-state index >= 15 is 0 Å². The second-order valence-electron chi connectivity index (χ2n) is 5.86. The Labute approximate surface area is 154 Å². The maximum absolute atomic E-state index is 11.1. The molecule has 0 heterocycles. The predicted octanol–water partition coefficient (Wildman–Crippen LogP) is 4.03. The minimum Gasteiger partial charge on any atom is -0.507 e. The molecule has 0 atom stereocenters. The van der Waals surface area contributed by atoms with Crippen molar-refractivity contribution in [3.05, 3.63) is 83.4 Å². The van der Waals surface area contributed by atoms with Gasteiger partial charge >= 0.3 is 11.9 Å². The fraction of sp³-hybridized carbons (Fsp3) is 0.0476. The van der Waals surface area contributed by atoms with Crippen LogP contribution in [-0.2, 0) is 6.61 Å². The fourth-order valence-electron chi connectivity index (χ4n) is 2.62. The number of aromatic hydroxyl groups is 1. The van der Waals surface area contributed by atoms with Crippen LogP contribution in [0.5, 0.6) is 11.5 Å². The third-order valence-electron chi connectivity index (χ3n) is 3.97. The molecule has 0 aliphatic heterocycles. The standard InChI is InChI=1S/C21H16O6/c22-19-11-17(7-8-18(19)21(25)26)27-12-13-3-1-4-14(9-13)15-5-2-6-16(10-15)20(23)24/h1-11,22H,12H2,(H,23,24)(H,25,26). The van der Waals surface area contributed by atoms with Gasteiger partial charge in [0.2, 0.25) is 0 Å². The Morgan fingerprint density at radius 2 is 1.52 bits per heavy atom. The van der Waals surface area contributed by atoms with Gasteiger partial charge in [-0.05, 0) is 47.0 Å². The van der Waals surface area contributed by atoms with E-state index in [2.05, 4.69) is 0 Å². The molecule has 136 valence electrons. The van der Waals surface area contributed by atoms with Gasteiger partial charge in [-0.2, -0.15) is 0 Å². The maximum atomic E-state index is 11.1. The quantitative estimate of drug-likeness (QED) is 0.610. The molecule has 3 aromatic rings. The molecule has 3 aromatic carbocycles. The summed E-state index contributed by atoms with van der Waals surface area (Å²) in [6.07, 6.45) is 0. The topological polar surface area (TPSA) is 104 Å². The monoisotopic (exact) mass is 364 g/mol. The lowest BCUT2D eigenvalue weighted by molar-refractivity contribution is 0.0684. The number of phenols is 1. The van der Waals surface area contributed by atoms with Crippen LogP contribution in [0.4, 0.5) is 0 Å². The molecular formula is C21H16O6. The number of hydrogen-bond donors (Lipinski definition) is 3. The summed E-state index contributed by atoms with van der Waals surface area (Å²) in [6, 6.07) is 18.1. The highest BCUT2D eigenvalue weighted by molar-refractivity contribution is 5.91. The Morgan fingerprint density at radius 3 is 2.19 bits per heavy atom. The number of carbonyl (C=O) groups is 2. The van der Waals surface area contributed by atoms with Gasteiger partial charge in [-0.15, -0.1) is 0 Å². The van der Waals surface area contributed by atoms with Gasteiger partial charge in [0.15, 0.2) is 0 Å². The van der Waals surface area contributed by atoms with E-state index in [1.165, 1.54) is 24.3 Å². The summed E-state index contributed by atoms with van der Waals surface area (Å²) in [6.45, 7) is 0.207. The lowest BCUT2D eigenvalue weighted by Gasteiger charge is -2.10. The average molecular weight is 364 g/mol. The van der Waals surface area contributed by atoms with Crippen molar-refractivity contribution in [1.29, 1.82) is 0 Å². The van der Waals surface area contributed by atoms with Crippen LogP contribution in [0.3, 0.4) is 0 Å². The average Bonchev–Trinajstić information content (AvgIpc) is 2.66. The molecule has 0 aromatic heterocycles. The van der Waals surface area contributed by atoms with Crippen LogP contribution in [0.2, 0.25) is 0 Å². The molecule has 0 aliphatic rings. The van der Waals surface area contributed by atoms with Crippen molar-refractivity contribution in [3.8, 4) is 22.6 Å². The molecule has 27 heavy (non-hydrogen) atoms. The molecular weight excluding hydrogens is 348 g/mol. The van der Waals surface area contributed by atoms with Crippen LogP contribution >= 0.6 is 0 Å². The van der Waals surface area contributed by atoms with Crippen LogP contribution < -0.4 is 4.74 Å². The van der Waals surface area contributed by atoms with Crippen molar-refractivity contribution >= 4 is 11.9 Å². The van der Waals surface area contributed by atoms with E-state index < -0.39 is 11.9 Å². The smallest absolute Gasteiger partial charge is 0.339 e. The first-order chi connectivity index (χ1) is 12.9. The molecule has 0 bridgehead atoms. The molecule has 0 saturated heterocycles. The van der Waals surface area contributed by atoms with Crippen molar-refractivity contribution < 1.29 is 29.6 Å². The Balaban J connectivity index is 1.77. The SMILES string of the molecule is O=C(O)c1cccc(-c2cccc(COc3ccc(C(=O)O)c(O)c3)c2)c1. The number of carboxylic acids is 2. The summed E-state index contributed by atoms with van der Waals surface area (Å²) in [5.41, 5.74) is 2.49. The number of aromatic carboxylic acids is 2. The molecule has 0 fully saturated rings. The van der Waals surface area contributed by atoms with Crippen LogP contribution in [0, 0.1) is 0 Å². The predicted molar refractivity (Wildman–Crippen MR) is 98.2 cm³/mol. The van der Waals surface area contributed by atoms with Crippen LogP contribution in [0.25, 0.3) is 11.1 Å². The van der Waals surface area contributed by atoms with Crippen LogP contribution in [0.1, 0.15) is 26.3 Å². The molecule has 0 spiro atoms. The van der Waals surface area contributed by atoms with Crippen molar-refractivity contribution in [2.75, 3.05) is 0 Å². The zero-order valence-electron chi connectivity index (χ0n) is 14.1. The first-order valence-corrected chi connectivity index (χ1v) is 8.06. The highest BCUT2D eigenvalue weighted by Gasteiger charge is 2.10. The number of hydrogen-bond acceptors (Lipinski definition) is 4. The van der Waals surface area contributed by atoms with Gasteiger partial charge in [0.25, 0.3) is 0 Å². The van der Waals surface area contributed by atoms with Crippen LogP contribution in [0.15, 0.2) is 66.7 Å². The highest BCUT2D eigenvalue weighted by atomic mass is 16.5.